The van der Waals surface area contributed by atoms with E-state index in [0.29, 0.717) is 0 Å². The molecule has 6 heavy (non-hydrogen) atoms. The number of hydrogen-bond donors (Lipinski definition) is 1. The molecule has 0 saturated carbocycles. The Labute approximate surface area is 71.4 Å². The SMILES string of the molecule is N.[CH3][Sn]([I])([I])[I]. The fourth-order valence-corrected chi connectivity index (χ4v) is 0. The van der Waals surface area contributed by atoms with Crippen LogP contribution in [0.2, 0.25) is 4.94 Å². The molecule has 0 rings (SSSR count). The standard InChI is InChI=1S/CH3.3HI.H3N.Sn/h1H3;3*1H;1H3;/q;;;;;+3/p-3. The summed E-state index contributed by atoms with van der Waals surface area (Å²) in [6.07, 6.45) is 0. The molecule has 0 bridgehead atoms. The van der Waals surface area contributed by atoms with Gasteiger partial charge in [0.1, 0.15) is 0 Å². The van der Waals surface area contributed by atoms with Crippen molar-refractivity contribution < 1.29 is 0 Å². The summed E-state index contributed by atoms with van der Waals surface area (Å²) in [6, 6.07) is 0. The van der Waals surface area contributed by atoms with Crippen LogP contribution in [0, 0.1) is 0 Å². The molecule has 0 heterocycles. The van der Waals surface area contributed by atoms with E-state index in [4.69, 9.17) is 0 Å². The molecule has 0 atom stereocenters. The van der Waals surface area contributed by atoms with Gasteiger partial charge >= 0.3 is 67.3 Å². The van der Waals surface area contributed by atoms with Crippen molar-refractivity contribution in [2.24, 2.45) is 0 Å². The second-order valence-electron chi connectivity index (χ2n) is 0.781. The summed E-state index contributed by atoms with van der Waals surface area (Å²) in [5.41, 5.74) is 0. The first-order chi connectivity index (χ1) is 2.00. The zero-order valence-electron chi connectivity index (χ0n) is 3.34. The van der Waals surface area contributed by atoms with Crippen LogP contribution in [0.5, 0.6) is 0 Å². The average molecular weight is 531 g/mol. The second-order valence-corrected chi connectivity index (χ2v) is 90.2. The molecule has 0 radical (unpaired) electrons. The molecule has 1 nitrogen and oxygen atoms in total. The van der Waals surface area contributed by atoms with Crippen LogP contribution in [0.1, 0.15) is 0 Å². The van der Waals surface area contributed by atoms with Crippen LogP contribution in [0.4, 0.5) is 0 Å². The van der Waals surface area contributed by atoms with Gasteiger partial charge in [0.05, 0.1) is 0 Å². The van der Waals surface area contributed by atoms with Crippen LogP contribution in [0.3, 0.4) is 0 Å². The van der Waals surface area contributed by atoms with E-state index < -0.39 is 6.47 Å². The maximum absolute atomic E-state index is 2.56. The summed E-state index contributed by atoms with van der Waals surface area (Å²) in [4.78, 5) is 2.36. The molecule has 0 fully saturated rings. The topological polar surface area (TPSA) is 35.0 Å². The normalized spacial score (nSPS) is 10.0. The molecule has 0 aromatic rings. The van der Waals surface area contributed by atoms with E-state index in [-0.39, 0.29) is 6.15 Å². The van der Waals surface area contributed by atoms with E-state index in [2.05, 4.69) is 60.8 Å². The second kappa shape index (κ2) is 4.79. The third-order valence-electron chi connectivity index (χ3n) is 0. The van der Waals surface area contributed by atoms with Gasteiger partial charge in [-0.1, -0.05) is 0 Å². The van der Waals surface area contributed by atoms with Gasteiger partial charge in [-0.3, -0.25) is 0 Å². The van der Waals surface area contributed by atoms with Crippen molar-refractivity contribution >= 4 is 62.4 Å². The summed E-state index contributed by atoms with van der Waals surface area (Å²) in [6.45, 7) is -1.27. The van der Waals surface area contributed by atoms with Crippen LogP contribution in [-0.4, -0.2) is 6.47 Å². The fourth-order valence-electron chi connectivity index (χ4n) is 0. The Morgan fingerprint density at radius 3 is 1.17 bits per heavy atom. The van der Waals surface area contributed by atoms with Crippen molar-refractivity contribution in [3.05, 3.63) is 0 Å². The Kier molecular flexibility index (Phi) is 9.35. The van der Waals surface area contributed by atoms with E-state index in [1.165, 1.54) is 0 Å². The summed E-state index contributed by atoms with van der Waals surface area (Å²) >= 11 is 7.68. The van der Waals surface area contributed by atoms with Crippen LogP contribution < -0.4 is 6.15 Å². The molecular weight excluding hydrogens is 525 g/mol. The minimum absolute atomic E-state index is 0. The predicted molar refractivity (Wildman–Crippen MR) is 58.7 cm³/mol. The van der Waals surface area contributed by atoms with Crippen LogP contribution in [0.15, 0.2) is 0 Å². The minimum atomic E-state index is -1.27. The van der Waals surface area contributed by atoms with Gasteiger partial charge in [-0.2, -0.15) is 0 Å². The van der Waals surface area contributed by atoms with Gasteiger partial charge in [-0.25, -0.2) is 0 Å². The van der Waals surface area contributed by atoms with E-state index >= 15 is 0 Å². The van der Waals surface area contributed by atoms with Crippen molar-refractivity contribution in [3.8, 4) is 0 Å². The summed E-state index contributed by atoms with van der Waals surface area (Å²) in [5.74, 6) is 0. The van der Waals surface area contributed by atoms with Gasteiger partial charge in [0, 0.05) is 0 Å². The third-order valence-corrected chi connectivity index (χ3v) is 0. The van der Waals surface area contributed by atoms with Crippen LogP contribution in [-0.2, 0) is 0 Å². The summed E-state index contributed by atoms with van der Waals surface area (Å²) in [7, 11) is 0. The molecule has 5 heteroatoms. The van der Waals surface area contributed by atoms with Crippen molar-refractivity contribution in [2.75, 3.05) is 0 Å². The molecule has 0 spiro atoms. The van der Waals surface area contributed by atoms with Gasteiger partial charge in [0.15, 0.2) is 0 Å². The molecule has 40 valence electrons. The van der Waals surface area contributed by atoms with Gasteiger partial charge in [-0.15, -0.1) is 0 Å². The molecule has 0 aliphatic heterocycles. The van der Waals surface area contributed by atoms with Crippen molar-refractivity contribution in [1.29, 1.82) is 0 Å². The fraction of sp³-hybridized carbons (Fsp3) is 1.00. The average Bonchev–Trinajstić information content (AvgIpc) is 0.722. The third kappa shape index (κ3) is 28.3. The van der Waals surface area contributed by atoms with E-state index in [1.807, 2.05) is 0 Å². The molecular formula is CH6I3NSn. The van der Waals surface area contributed by atoms with Gasteiger partial charge < -0.3 is 6.15 Å². The van der Waals surface area contributed by atoms with E-state index in [1.54, 1.807) is 0 Å². The molecule has 0 aromatic heterocycles. The van der Waals surface area contributed by atoms with Gasteiger partial charge in [0.2, 0.25) is 0 Å². The zero-order chi connectivity index (χ0) is 4.50. The van der Waals surface area contributed by atoms with Crippen LogP contribution in [0.25, 0.3) is 0 Å². The van der Waals surface area contributed by atoms with E-state index in [0.717, 1.165) is 0 Å². The maximum atomic E-state index is 2.56. The monoisotopic (exact) mass is 533 g/mol. The van der Waals surface area contributed by atoms with Crippen molar-refractivity contribution in [1.82, 2.24) is 6.15 Å². The van der Waals surface area contributed by atoms with Gasteiger partial charge in [-0.05, 0) is 0 Å². The zero-order valence-corrected chi connectivity index (χ0v) is 12.7. The number of hydrogen-bond acceptors (Lipinski definition) is 1. The Hall–Kier alpha value is 2.95. The van der Waals surface area contributed by atoms with E-state index in [9.17, 15) is 0 Å². The molecule has 0 saturated heterocycles. The molecule has 0 aliphatic rings. The molecule has 0 aliphatic carbocycles. The summed E-state index contributed by atoms with van der Waals surface area (Å²) < 4.78 is 0. The Morgan fingerprint density at radius 1 is 1.17 bits per heavy atom. The number of halogens is 3. The van der Waals surface area contributed by atoms with Gasteiger partial charge in [0.25, 0.3) is 0 Å². The predicted octanol–water partition coefficient (Wildman–Crippen LogP) is 3.02. The molecule has 0 unspecified atom stereocenters. The first-order valence-corrected chi connectivity index (χ1v) is 28.9. The van der Waals surface area contributed by atoms with Crippen molar-refractivity contribution in [2.45, 2.75) is 4.94 Å². The summed E-state index contributed by atoms with van der Waals surface area (Å²) in [5, 5.41) is 0. The molecule has 0 aromatic carbocycles. The Bertz CT molecular complexity index is 26.3. The number of rotatable bonds is 0. The Balaban J connectivity index is 0. The molecule has 0 amide bonds. The molecule has 3 N–H and O–H groups in total. The first-order valence-electron chi connectivity index (χ1n) is 1.07. The first kappa shape index (κ1) is 11.7. The van der Waals surface area contributed by atoms with Crippen LogP contribution >= 0.6 is 55.9 Å². The Morgan fingerprint density at radius 2 is 1.17 bits per heavy atom. The van der Waals surface area contributed by atoms with Crippen molar-refractivity contribution in [3.63, 3.8) is 0 Å². The quantitative estimate of drug-likeness (QED) is 0.379.